The number of nitrogens with one attached hydrogen (secondary N) is 1. The molecule has 0 fully saturated rings. The van der Waals surface area contributed by atoms with Crippen LogP contribution in [-0.2, 0) is 23.0 Å². The molecule has 0 amide bonds. The van der Waals surface area contributed by atoms with Crippen LogP contribution in [0.2, 0.25) is 0 Å². The molecule has 0 spiro atoms. The first-order valence-corrected chi connectivity index (χ1v) is 8.49. The highest BCUT2D eigenvalue weighted by Gasteiger charge is 2.06. The van der Waals surface area contributed by atoms with Crippen LogP contribution in [0.4, 0.5) is 0 Å². The molecule has 0 bridgehead atoms. The van der Waals surface area contributed by atoms with Crippen molar-refractivity contribution < 1.29 is 13.2 Å². The lowest BCUT2D eigenvalue weighted by Crippen LogP contribution is -2.17. The van der Waals surface area contributed by atoms with E-state index in [4.69, 9.17) is 9.88 Å². The molecule has 0 aliphatic rings. The third kappa shape index (κ3) is 4.56. The van der Waals surface area contributed by atoms with Crippen LogP contribution in [0.25, 0.3) is 0 Å². The van der Waals surface area contributed by atoms with E-state index in [1.807, 2.05) is 24.3 Å². The van der Waals surface area contributed by atoms with E-state index in [9.17, 15) is 8.42 Å². The van der Waals surface area contributed by atoms with E-state index in [1.54, 1.807) is 19.2 Å². The summed E-state index contributed by atoms with van der Waals surface area (Å²) in [6, 6.07) is 14.5. The predicted octanol–water partition coefficient (Wildman–Crippen LogP) is 1.67. The highest BCUT2D eigenvalue weighted by Crippen LogP contribution is 2.16. The van der Waals surface area contributed by atoms with Crippen molar-refractivity contribution in [1.29, 1.82) is 0 Å². The molecule has 0 saturated heterocycles. The Balaban J connectivity index is 1.84. The summed E-state index contributed by atoms with van der Waals surface area (Å²) in [5, 5.41) is 8.42. The molecule has 0 unspecified atom stereocenters. The van der Waals surface area contributed by atoms with Gasteiger partial charge in [0.25, 0.3) is 0 Å². The largest absolute Gasteiger partial charge is 0.496 e. The SMILES string of the molecule is COc1ccccc1CNCCc1ccc(S(N)(=O)=O)cc1. The van der Waals surface area contributed by atoms with Crippen molar-refractivity contribution in [3.05, 3.63) is 59.7 Å². The Morgan fingerprint density at radius 2 is 1.77 bits per heavy atom. The van der Waals surface area contributed by atoms with Gasteiger partial charge in [-0.3, -0.25) is 0 Å². The Kier molecular flexibility index (Phi) is 5.54. The van der Waals surface area contributed by atoms with Crippen molar-refractivity contribution in [2.75, 3.05) is 13.7 Å². The molecule has 3 N–H and O–H groups in total. The first-order valence-electron chi connectivity index (χ1n) is 6.95. The van der Waals surface area contributed by atoms with Gasteiger partial charge in [0.15, 0.2) is 0 Å². The Hall–Kier alpha value is -1.89. The lowest BCUT2D eigenvalue weighted by Gasteiger charge is -2.09. The van der Waals surface area contributed by atoms with E-state index in [0.29, 0.717) is 0 Å². The molecule has 0 aliphatic carbocycles. The molecule has 0 saturated carbocycles. The van der Waals surface area contributed by atoms with Crippen molar-refractivity contribution in [2.45, 2.75) is 17.9 Å². The monoisotopic (exact) mass is 320 g/mol. The summed E-state index contributed by atoms with van der Waals surface area (Å²) in [7, 11) is -1.96. The highest BCUT2D eigenvalue weighted by atomic mass is 32.2. The fourth-order valence-corrected chi connectivity index (χ4v) is 2.67. The molecule has 2 rings (SSSR count). The lowest BCUT2D eigenvalue weighted by molar-refractivity contribution is 0.408. The van der Waals surface area contributed by atoms with Gasteiger partial charge < -0.3 is 10.1 Å². The van der Waals surface area contributed by atoms with Crippen LogP contribution in [-0.4, -0.2) is 22.1 Å². The fraction of sp³-hybridized carbons (Fsp3) is 0.250. The average Bonchev–Trinajstić information content (AvgIpc) is 2.51. The molecule has 6 heteroatoms. The fourth-order valence-electron chi connectivity index (χ4n) is 2.15. The maximum atomic E-state index is 11.2. The van der Waals surface area contributed by atoms with Gasteiger partial charge in [0.2, 0.25) is 10.0 Å². The number of ether oxygens (including phenoxy) is 1. The van der Waals surface area contributed by atoms with E-state index >= 15 is 0 Å². The number of nitrogens with two attached hydrogens (primary N) is 1. The Labute approximate surface area is 131 Å². The van der Waals surface area contributed by atoms with Gasteiger partial charge >= 0.3 is 0 Å². The molecule has 0 aromatic heterocycles. The molecule has 0 atom stereocenters. The summed E-state index contributed by atoms with van der Waals surface area (Å²) in [6.45, 7) is 1.51. The van der Waals surface area contributed by atoms with Gasteiger partial charge in [0.05, 0.1) is 12.0 Å². The first-order chi connectivity index (χ1) is 10.5. The number of hydrogen-bond acceptors (Lipinski definition) is 4. The summed E-state index contributed by atoms with van der Waals surface area (Å²) >= 11 is 0. The Bertz CT molecular complexity index is 712. The van der Waals surface area contributed by atoms with Crippen LogP contribution < -0.4 is 15.2 Å². The summed E-state index contributed by atoms with van der Waals surface area (Å²) in [6.07, 6.45) is 0.806. The third-order valence-electron chi connectivity index (χ3n) is 3.35. The summed E-state index contributed by atoms with van der Waals surface area (Å²) in [4.78, 5) is 0.137. The lowest BCUT2D eigenvalue weighted by atomic mass is 10.1. The number of sulfonamides is 1. The standard InChI is InChI=1S/C16H20N2O3S/c1-21-16-5-3-2-4-14(16)12-18-11-10-13-6-8-15(9-7-13)22(17,19)20/h2-9,18H,10-12H2,1H3,(H2,17,19,20). The van der Waals surface area contributed by atoms with Gasteiger partial charge in [-0.15, -0.1) is 0 Å². The number of para-hydroxylation sites is 1. The second kappa shape index (κ2) is 7.40. The summed E-state index contributed by atoms with van der Waals surface area (Å²) in [5.74, 6) is 0.868. The minimum Gasteiger partial charge on any atom is -0.496 e. The third-order valence-corrected chi connectivity index (χ3v) is 4.28. The topological polar surface area (TPSA) is 81.4 Å². The molecule has 0 aliphatic heterocycles. The van der Waals surface area contributed by atoms with E-state index in [-0.39, 0.29) is 4.90 Å². The molecule has 0 heterocycles. The smallest absolute Gasteiger partial charge is 0.238 e. The zero-order valence-corrected chi connectivity index (χ0v) is 13.3. The maximum Gasteiger partial charge on any atom is 0.238 e. The Morgan fingerprint density at radius 1 is 1.09 bits per heavy atom. The predicted molar refractivity (Wildman–Crippen MR) is 86.2 cm³/mol. The molecule has 118 valence electrons. The van der Waals surface area contributed by atoms with Crippen LogP contribution in [0.1, 0.15) is 11.1 Å². The van der Waals surface area contributed by atoms with Crippen LogP contribution in [0.15, 0.2) is 53.4 Å². The van der Waals surface area contributed by atoms with E-state index in [0.717, 1.165) is 36.4 Å². The number of hydrogen-bond donors (Lipinski definition) is 2. The molecule has 2 aromatic carbocycles. The van der Waals surface area contributed by atoms with Crippen molar-refractivity contribution >= 4 is 10.0 Å². The number of primary sulfonamides is 1. The van der Waals surface area contributed by atoms with Crippen LogP contribution in [0.3, 0.4) is 0 Å². The average molecular weight is 320 g/mol. The quantitative estimate of drug-likeness (QED) is 0.761. The van der Waals surface area contributed by atoms with Gasteiger partial charge in [0, 0.05) is 12.1 Å². The zero-order chi connectivity index (χ0) is 16.0. The molecule has 2 aromatic rings. The van der Waals surface area contributed by atoms with Crippen LogP contribution >= 0.6 is 0 Å². The first kappa shape index (κ1) is 16.5. The summed E-state index contributed by atoms with van der Waals surface area (Å²) in [5.41, 5.74) is 2.16. The molecular formula is C16H20N2O3S. The number of methoxy groups -OCH3 is 1. The number of benzene rings is 2. The van der Waals surface area contributed by atoms with Crippen LogP contribution in [0, 0.1) is 0 Å². The van der Waals surface area contributed by atoms with E-state index in [2.05, 4.69) is 5.32 Å². The van der Waals surface area contributed by atoms with Gasteiger partial charge in [-0.25, -0.2) is 13.6 Å². The highest BCUT2D eigenvalue weighted by molar-refractivity contribution is 7.89. The van der Waals surface area contributed by atoms with E-state index in [1.165, 1.54) is 12.1 Å². The second-order valence-corrected chi connectivity index (χ2v) is 6.49. The second-order valence-electron chi connectivity index (χ2n) is 4.93. The minimum absolute atomic E-state index is 0.137. The van der Waals surface area contributed by atoms with Crippen molar-refractivity contribution in [1.82, 2.24) is 5.32 Å². The molecule has 0 radical (unpaired) electrons. The van der Waals surface area contributed by atoms with Gasteiger partial charge in [-0.2, -0.15) is 0 Å². The van der Waals surface area contributed by atoms with Gasteiger partial charge in [0.1, 0.15) is 5.75 Å². The number of rotatable bonds is 7. The van der Waals surface area contributed by atoms with Crippen molar-refractivity contribution in [3.8, 4) is 5.75 Å². The van der Waals surface area contributed by atoms with Gasteiger partial charge in [-0.05, 0) is 36.7 Å². The molecular weight excluding hydrogens is 300 g/mol. The zero-order valence-electron chi connectivity index (χ0n) is 12.5. The minimum atomic E-state index is -3.62. The Morgan fingerprint density at radius 3 is 2.41 bits per heavy atom. The molecule has 22 heavy (non-hydrogen) atoms. The van der Waals surface area contributed by atoms with Crippen LogP contribution in [0.5, 0.6) is 5.75 Å². The summed E-state index contributed by atoms with van der Waals surface area (Å²) < 4.78 is 27.6. The maximum absolute atomic E-state index is 11.2. The molecule has 5 nitrogen and oxygen atoms in total. The van der Waals surface area contributed by atoms with Gasteiger partial charge in [-0.1, -0.05) is 30.3 Å². The van der Waals surface area contributed by atoms with E-state index < -0.39 is 10.0 Å². The normalized spacial score (nSPS) is 11.4. The van der Waals surface area contributed by atoms with Crippen molar-refractivity contribution in [3.63, 3.8) is 0 Å². The van der Waals surface area contributed by atoms with Crippen molar-refractivity contribution in [2.24, 2.45) is 5.14 Å².